The van der Waals surface area contributed by atoms with Gasteiger partial charge in [0.15, 0.2) is 14.6 Å². The van der Waals surface area contributed by atoms with Gasteiger partial charge in [-0.25, -0.2) is 13.4 Å². The maximum absolute atomic E-state index is 12.7. The van der Waals surface area contributed by atoms with E-state index in [9.17, 15) is 13.2 Å². The third-order valence-electron chi connectivity index (χ3n) is 4.11. The molecule has 0 atom stereocenters. The molecular formula is C19H13N3O3S3. The van der Waals surface area contributed by atoms with Crippen molar-refractivity contribution in [2.75, 3.05) is 6.26 Å². The Labute approximate surface area is 168 Å². The summed E-state index contributed by atoms with van der Waals surface area (Å²) in [5.41, 5.74) is 3.75. The van der Waals surface area contributed by atoms with Gasteiger partial charge in [0, 0.05) is 11.8 Å². The molecule has 2 heterocycles. The summed E-state index contributed by atoms with van der Waals surface area (Å²) < 4.78 is 27.0. The second-order valence-corrected chi connectivity index (χ2v) is 9.94. The summed E-state index contributed by atoms with van der Waals surface area (Å²) in [6, 6.07) is 10.0. The molecule has 28 heavy (non-hydrogen) atoms. The highest BCUT2D eigenvalue weighted by Gasteiger charge is 2.13. The van der Waals surface area contributed by atoms with Crippen LogP contribution in [0.3, 0.4) is 0 Å². The van der Waals surface area contributed by atoms with E-state index < -0.39 is 15.7 Å². The van der Waals surface area contributed by atoms with Crippen LogP contribution in [-0.4, -0.2) is 30.1 Å². The fourth-order valence-corrected chi connectivity index (χ4v) is 5.26. The van der Waals surface area contributed by atoms with Crippen LogP contribution in [0, 0.1) is 12.3 Å². The number of fused-ring (bicyclic) bond motifs is 2. The van der Waals surface area contributed by atoms with Crippen LogP contribution in [0.1, 0.15) is 10.4 Å². The number of benzene rings is 2. The van der Waals surface area contributed by atoms with Crippen LogP contribution >= 0.6 is 22.7 Å². The van der Waals surface area contributed by atoms with Gasteiger partial charge < -0.3 is 4.57 Å². The molecule has 6 nitrogen and oxygen atoms in total. The van der Waals surface area contributed by atoms with Crippen LogP contribution < -0.4 is 4.80 Å². The molecule has 4 rings (SSSR count). The number of hydrogen-bond donors (Lipinski definition) is 0. The summed E-state index contributed by atoms with van der Waals surface area (Å²) in [6.07, 6.45) is 6.63. The zero-order valence-corrected chi connectivity index (χ0v) is 17.1. The molecule has 4 aromatic rings. The maximum atomic E-state index is 12.7. The average molecular weight is 428 g/mol. The molecule has 0 aliphatic carbocycles. The van der Waals surface area contributed by atoms with E-state index in [1.807, 2.05) is 0 Å². The Morgan fingerprint density at radius 1 is 1.25 bits per heavy atom. The first-order chi connectivity index (χ1) is 13.4. The van der Waals surface area contributed by atoms with E-state index in [2.05, 4.69) is 15.9 Å². The SMILES string of the molecule is C#CCn1c(=NC(=O)c2ccc3ncsc3c2)sc2cc(S(C)(=O)=O)ccc21. The van der Waals surface area contributed by atoms with Gasteiger partial charge in [-0.3, -0.25) is 4.79 Å². The first-order valence-electron chi connectivity index (χ1n) is 8.06. The number of sulfone groups is 1. The van der Waals surface area contributed by atoms with Crippen molar-refractivity contribution < 1.29 is 13.2 Å². The largest absolute Gasteiger partial charge is 0.305 e. The standard InChI is InChI=1S/C19H13N3O3S3/c1-3-8-22-15-7-5-13(28(2,24)25)10-17(15)27-19(22)21-18(23)12-4-6-14-16(9-12)26-11-20-14/h1,4-7,9-11H,8H2,2H3. The van der Waals surface area contributed by atoms with Crippen LogP contribution in [0.5, 0.6) is 0 Å². The van der Waals surface area contributed by atoms with Gasteiger partial charge in [-0.15, -0.1) is 17.8 Å². The first kappa shape index (κ1) is 18.6. The van der Waals surface area contributed by atoms with E-state index in [1.165, 1.54) is 28.7 Å². The van der Waals surface area contributed by atoms with Crippen molar-refractivity contribution in [3.8, 4) is 12.3 Å². The van der Waals surface area contributed by atoms with Crippen LogP contribution in [0.25, 0.3) is 20.4 Å². The normalized spacial score (nSPS) is 12.5. The van der Waals surface area contributed by atoms with E-state index in [0.29, 0.717) is 15.1 Å². The number of carbonyl (C=O) groups is 1. The van der Waals surface area contributed by atoms with Crippen LogP contribution in [0.15, 0.2) is 51.8 Å². The van der Waals surface area contributed by atoms with Crippen molar-refractivity contribution >= 4 is 58.9 Å². The van der Waals surface area contributed by atoms with E-state index in [1.54, 1.807) is 40.4 Å². The highest BCUT2D eigenvalue weighted by molar-refractivity contribution is 7.90. The Balaban J connectivity index is 1.87. The van der Waals surface area contributed by atoms with E-state index in [0.717, 1.165) is 22.0 Å². The van der Waals surface area contributed by atoms with Gasteiger partial charge in [0.05, 0.1) is 37.4 Å². The molecule has 2 aromatic carbocycles. The zero-order chi connectivity index (χ0) is 19.9. The minimum Gasteiger partial charge on any atom is -0.305 e. The predicted molar refractivity (Wildman–Crippen MR) is 111 cm³/mol. The van der Waals surface area contributed by atoms with E-state index in [4.69, 9.17) is 6.42 Å². The Hall–Kier alpha value is -2.80. The van der Waals surface area contributed by atoms with Gasteiger partial charge in [-0.05, 0) is 36.4 Å². The summed E-state index contributed by atoms with van der Waals surface area (Å²) in [5.74, 6) is 2.16. The summed E-state index contributed by atoms with van der Waals surface area (Å²) in [5, 5.41) is 0. The number of hydrogen-bond acceptors (Lipinski definition) is 6. The predicted octanol–water partition coefficient (Wildman–Crippen LogP) is 3.09. The lowest BCUT2D eigenvalue weighted by atomic mass is 10.2. The van der Waals surface area contributed by atoms with Gasteiger partial charge in [0.25, 0.3) is 5.91 Å². The molecule has 9 heteroatoms. The number of terminal acetylenes is 1. The van der Waals surface area contributed by atoms with Gasteiger partial charge in [0.2, 0.25) is 0 Å². The third kappa shape index (κ3) is 3.38. The fourth-order valence-electron chi connectivity index (χ4n) is 2.75. The molecule has 140 valence electrons. The topological polar surface area (TPSA) is 81.4 Å². The smallest absolute Gasteiger partial charge is 0.279 e. The zero-order valence-electron chi connectivity index (χ0n) is 14.6. The van der Waals surface area contributed by atoms with Crippen molar-refractivity contribution in [3.05, 3.63) is 52.3 Å². The lowest BCUT2D eigenvalue weighted by Crippen LogP contribution is -2.16. The van der Waals surface area contributed by atoms with Crippen LogP contribution in [0.4, 0.5) is 0 Å². The van der Waals surface area contributed by atoms with Crippen molar-refractivity contribution in [3.63, 3.8) is 0 Å². The lowest BCUT2D eigenvalue weighted by Gasteiger charge is -2.01. The van der Waals surface area contributed by atoms with Gasteiger partial charge in [0.1, 0.15) is 0 Å². The number of amides is 1. The second-order valence-electron chi connectivity index (χ2n) is 6.03. The molecule has 0 radical (unpaired) electrons. The summed E-state index contributed by atoms with van der Waals surface area (Å²) in [7, 11) is -3.34. The fraction of sp³-hybridized carbons (Fsp3) is 0.105. The number of carbonyl (C=O) groups excluding carboxylic acids is 1. The summed E-state index contributed by atoms with van der Waals surface area (Å²) in [4.78, 5) is 21.8. The molecule has 0 saturated carbocycles. The molecule has 2 aromatic heterocycles. The number of nitrogens with zero attached hydrogens (tertiary/aromatic N) is 3. The van der Waals surface area contributed by atoms with E-state index in [-0.39, 0.29) is 11.4 Å². The highest BCUT2D eigenvalue weighted by Crippen LogP contribution is 2.23. The minimum atomic E-state index is -3.34. The average Bonchev–Trinajstić information content (AvgIpc) is 3.25. The van der Waals surface area contributed by atoms with Gasteiger partial charge in [-0.1, -0.05) is 17.3 Å². The molecule has 0 aliphatic heterocycles. The molecule has 0 saturated heterocycles. The van der Waals surface area contributed by atoms with Gasteiger partial charge in [-0.2, -0.15) is 4.99 Å². The summed E-state index contributed by atoms with van der Waals surface area (Å²) in [6.45, 7) is 0.220. The van der Waals surface area contributed by atoms with Crippen molar-refractivity contribution in [1.29, 1.82) is 0 Å². The molecular weight excluding hydrogens is 414 g/mol. The number of rotatable bonds is 3. The molecule has 0 aliphatic rings. The van der Waals surface area contributed by atoms with Crippen molar-refractivity contribution in [2.45, 2.75) is 11.4 Å². The lowest BCUT2D eigenvalue weighted by molar-refractivity contribution is 0.0998. The van der Waals surface area contributed by atoms with Crippen molar-refractivity contribution in [2.24, 2.45) is 4.99 Å². The quantitative estimate of drug-likeness (QED) is 0.471. The molecule has 0 bridgehead atoms. The third-order valence-corrected chi connectivity index (χ3v) is 7.05. The summed E-state index contributed by atoms with van der Waals surface area (Å²) >= 11 is 2.68. The highest BCUT2D eigenvalue weighted by atomic mass is 32.2. The van der Waals surface area contributed by atoms with E-state index >= 15 is 0 Å². The first-order valence-corrected chi connectivity index (χ1v) is 11.6. The molecule has 0 spiro atoms. The van der Waals surface area contributed by atoms with Gasteiger partial charge >= 0.3 is 0 Å². The molecule has 0 unspecified atom stereocenters. The Morgan fingerprint density at radius 3 is 2.82 bits per heavy atom. The minimum absolute atomic E-state index is 0.211. The maximum Gasteiger partial charge on any atom is 0.279 e. The molecule has 0 N–H and O–H groups in total. The van der Waals surface area contributed by atoms with Crippen LogP contribution in [0.2, 0.25) is 0 Å². The Morgan fingerprint density at radius 2 is 2.07 bits per heavy atom. The molecule has 0 fully saturated rings. The second kappa shape index (κ2) is 6.98. The number of aromatic nitrogens is 2. The Kier molecular flexibility index (Phi) is 4.63. The Bertz CT molecular complexity index is 1450. The number of thiazole rings is 2. The monoisotopic (exact) mass is 427 g/mol. The van der Waals surface area contributed by atoms with Crippen LogP contribution in [-0.2, 0) is 16.4 Å². The molecule has 1 amide bonds. The van der Waals surface area contributed by atoms with Crippen molar-refractivity contribution in [1.82, 2.24) is 9.55 Å².